The number of hydrogen-bond acceptors (Lipinski definition) is 12. The summed E-state index contributed by atoms with van der Waals surface area (Å²) in [5, 5.41) is 38.4. The maximum atomic E-state index is 14.9. The van der Waals surface area contributed by atoms with Crippen LogP contribution in [0, 0.1) is 22.7 Å². The van der Waals surface area contributed by atoms with Crippen molar-refractivity contribution < 1.29 is 58.2 Å². The number of esters is 3. The standard InChI is InChI=1S/C44H55NO12/c1-7-8-11-20-32(48)45-34(26-16-12-9-13-17-26)36(50)41(53)55-29-21-28-37(56-40(52)27-18-14-10-15-19-27)38-43(6,39(51)35(49)33(24(29)2)42(28,4)5)30(47)22-31-44(38,23-54-31)57-25(3)46/h9-10,12-19,28-31,34-38,47,49-50H,7-8,11,20-23H2,1-6H3,(H,45,48)/t28-,29-,30-,31+,34-,35+,36+,37+,38-,43+,44-/m0/s1. The summed E-state index contributed by atoms with van der Waals surface area (Å²) in [7, 11) is 0. The van der Waals surface area contributed by atoms with Crippen LogP contribution in [-0.2, 0) is 38.1 Å². The summed E-state index contributed by atoms with van der Waals surface area (Å²) >= 11 is 0. The molecule has 2 saturated carbocycles. The zero-order chi connectivity index (χ0) is 41.4. The molecule has 3 aliphatic carbocycles. The molecule has 3 fully saturated rings. The molecule has 4 N–H and O–H groups in total. The third-order valence-corrected chi connectivity index (χ3v) is 13.0. The van der Waals surface area contributed by atoms with Gasteiger partial charge in [0.1, 0.15) is 24.4 Å². The number of carbonyl (C=O) groups is 5. The zero-order valence-corrected chi connectivity index (χ0v) is 33.4. The summed E-state index contributed by atoms with van der Waals surface area (Å²) in [5.41, 5.74) is -3.17. The maximum absolute atomic E-state index is 14.9. The highest BCUT2D eigenvalue weighted by molar-refractivity contribution is 5.94. The second-order valence-electron chi connectivity index (χ2n) is 16.8. The Hall–Kier alpha value is -4.43. The second kappa shape index (κ2) is 16.4. The van der Waals surface area contributed by atoms with E-state index in [9.17, 15) is 39.3 Å². The quantitative estimate of drug-likeness (QED) is 0.103. The zero-order valence-electron chi connectivity index (χ0n) is 33.4. The van der Waals surface area contributed by atoms with Gasteiger partial charge in [-0.05, 0) is 60.9 Å². The Balaban J connectivity index is 1.44. The van der Waals surface area contributed by atoms with Crippen molar-refractivity contribution in [2.45, 2.75) is 128 Å². The van der Waals surface area contributed by atoms with Crippen LogP contribution in [0.3, 0.4) is 0 Å². The number of unbranched alkanes of at least 4 members (excludes halogenated alkanes) is 2. The first-order chi connectivity index (χ1) is 27.0. The number of nitrogens with one attached hydrogen (secondary N) is 1. The monoisotopic (exact) mass is 789 g/mol. The summed E-state index contributed by atoms with van der Waals surface area (Å²) in [4.78, 5) is 68.9. The summed E-state index contributed by atoms with van der Waals surface area (Å²) in [6.45, 7) is 9.84. The molecule has 2 aromatic rings. The van der Waals surface area contributed by atoms with E-state index in [1.807, 2.05) is 6.92 Å². The third kappa shape index (κ3) is 7.55. The molecule has 6 rings (SSSR count). The minimum atomic E-state index is -1.85. The molecular weight excluding hydrogens is 734 g/mol. The van der Waals surface area contributed by atoms with Crippen molar-refractivity contribution >= 4 is 29.6 Å². The van der Waals surface area contributed by atoms with Gasteiger partial charge in [-0.15, -0.1) is 0 Å². The normalized spacial score (nSPS) is 32.5. The lowest BCUT2D eigenvalue weighted by Crippen LogP contribution is -2.79. The highest BCUT2D eigenvalue weighted by Gasteiger charge is 2.75. The molecule has 0 spiro atoms. The Kier molecular flexibility index (Phi) is 12.2. The molecule has 1 amide bonds. The van der Waals surface area contributed by atoms with Gasteiger partial charge >= 0.3 is 17.9 Å². The van der Waals surface area contributed by atoms with Crippen LogP contribution in [0.4, 0.5) is 0 Å². The van der Waals surface area contributed by atoms with Crippen molar-refractivity contribution in [3.05, 3.63) is 82.9 Å². The molecule has 2 aromatic carbocycles. The average Bonchev–Trinajstić information content (AvgIpc) is 3.17. The van der Waals surface area contributed by atoms with Crippen molar-refractivity contribution in [1.82, 2.24) is 5.32 Å². The molecule has 1 aliphatic heterocycles. The fourth-order valence-electron chi connectivity index (χ4n) is 9.99. The predicted octanol–water partition coefficient (Wildman–Crippen LogP) is 4.32. The van der Waals surface area contributed by atoms with Gasteiger partial charge in [0.05, 0.1) is 35.6 Å². The van der Waals surface area contributed by atoms with Crippen molar-refractivity contribution in [2.24, 2.45) is 22.7 Å². The molecule has 11 atom stereocenters. The third-order valence-electron chi connectivity index (χ3n) is 13.0. The molecule has 13 heteroatoms. The maximum Gasteiger partial charge on any atom is 0.338 e. The van der Waals surface area contributed by atoms with Crippen LogP contribution in [0.2, 0.25) is 0 Å². The predicted molar refractivity (Wildman–Crippen MR) is 205 cm³/mol. The summed E-state index contributed by atoms with van der Waals surface area (Å²) in [6.07, 6.45) is -5.84. The number of amides is 1. The Labute approximate surface area is 333 Å². The minimum absolute atomic E-state index is 0.0157. The fraction of sp³-hybridized carbons (Fsp3) is 0.568. The molecular formula is C44H55NO12. The van der Waals surface area contributed by atoms with E-state index in [4.69, 9.17) is 18.9 Å². The Morgan fingerprint density at radius 2 is 1.60 bits per heavy atom. The molecule has 0 radical (unpaired) electrons. The first-order valence-corrected chi connectivity index (χ1v) is 19.9. The molecule has 2 bridgehead atoms. The van der Waals surface area contributed by atoms with Crippen molar-refractivity contribution in [2.75, 3.05) is 6.61 Å². The van der Waals surface area contributed by atoms with Crippen LogP contribution >= 0.6 is 0 Å². The first kappa shape index (κ1) is 42.2. The Morgan fingerprint density at radius 1 is 0.947 bits per heavy atom. The number of ketones is 1. The van der Waals surface area contributed by atoms with Crippen molar-refractivity contribution in [3.8, 4) is 0 Å². The van der Waals surface area contributed by atoms with E-state index in [1.165, 1.54) is 13.8 Å². The van der Waals surface area contributed by atoms with Gasteiger partial charge < -0.3 is 39.6 Å². The number of hydrogen-bond donors (Lipinski definition) is 4. The number of ether oxygens (including phenoxy) is 4. The summed E-state index contributed by atoms with van der Waals surface area (Å²) < 4.78 is 24.5. The van der Waals surface area contributed by atoms with E-state index >= 15 is 0 Å². The van der Waals surface area contributed by atoms with Crippen LogP contribution in [0.25, 0.3) is 0 Å². The van der Waals surface area contributed by atoms with Crippen LogP contribution < -0.4 is 5.32 Å². The highest BCUT2D eigenvalue weighted by atomic mass is 16.6. The number of aliphatic hydroxyl groups is 3. The van der Waals surface area contributed by atoms with Gasteiger partial charge in [0.15, 0.2) is 17.5 Å². The van der Waals surface area contributed by atoms with E-state index in [-0.39, 0.29) is 42.9 Å². The molecule has 308 valence electrons. The van der Waals surface area contributed by atoms with Gasteiger partial charge in [0.2, 0.25) is 5.91 Å². The lowest BCUT2D eigenvalue weighted by Gasteiger charge is -2.65. The highest BCUT2D eigenvalue weighted by Crippen LogP contribution is 2.63. The number of benzene rings is 2. The number of carbonyl (C=O) groups excluding carboxylic acids is 5. The number of Topliss-reactive ketones (excluding diaryl/α,β-unsaturated/α-hetero) is 1. The SMILES string of the molecule is CCCCCC(=O)N[C@@H](c1ccccc1)[C@@H](O)C(=O)O[C@H]1C[C@H]2[C@@H](OC(=O)c3ccccc3)[C@@H]3[C@]4(OC(C)=O)CO[C@@H]4C[C@H](O)[C@@]3(C)C(=O)[C@H](O)C(=C1C)C2(C)C. The van der Waals surface area contributed by atoms with Crippen molar-refractivity contribution in [1.29, 1.82) is 0 Å². The van der Waals surface area contributed by atoms with E-state index in [1.54, 1.807) is 81.4 Å². The molecule has 0 unspecified atom stereocenters. The molecule has 57 heavy (non-hydrogen) atoms. The van der Waals surface area contributed by atoms with E-state index < -0.39 is 94.6 Å². The van der Waals surface area contributed by atoms with Crippen LogP contribution in [0.1, 0.15) is 102 Å². The topological polar surface area (TPSA) is 195 Å². The molecule has 4 aliphatic rings. The van der Waals surface area contributed by atoms with E-state index in [0.717, 1.165) is 12.8 Å². The lowest BCUT2D eigenvalue weighted by atomic mass is 9.46. The number of fused-ring (bicyclic) bond motifs is 5. The van der Waals surface area contributed by atoms with Gasteiger partial charge in [-0.25, -0.2) is 9.59 Å². The molecule has 13 nitrogen and oxygen atoms in total. The number of rotatable bonds is 12. The first-order valence-electron chi connectivity index (χ1n) is 19.9. The van der Waals surface area contributed by atoms with Crippen molar-refractivity contribution in [3.63, 3.8) is 0 Å². The van der Waals surface area contributed by atoms with Gasteiger partial charge in [-0.1, -0.05) is 82.1 Å². The Bertz CT molecular complexity index is 1880. The van der Waals surface area contributed by atoms with Gasteiger partial charge in [0.25, 0.3) is 0 Å². The lowest BCUT2D eigenvalue weighted by molar-refractivity contribution is -0.335. The summed E-state index contributed by atoms with van der Waals surface area (Å²) in [6, 6.07) is 15.7. The largest absolute Gasteiger partial charge is 0.458 e. The summed E-state index contributed by atoms with van der Waals surface area (Å²) in [5.74, 6) is -5.63. The molecule has 0 aromatic heterocycles. The van der Waals surface area contributed by atoms with Gasteiger partial charge in [0, 0.05) is 25.7 Å². The Morgan fingerprint density at radius 3 is 2.19 bits per heavy atom. The molecule has 1 saturated heterocycles. The molecule has 1 heterocycles. The fourth-order valence-corrected chi connectivity index (χ4v) is 9.99. The smallest absolute Gasteiger partial charge is 0.338 e. The van der Waals surface area contributed by atoms with Crippen LogP contribution in [-0.4, -0.2) is 93.7 Å². The van der Waals surface area contributed by atoms with Crippen LogP contribution in [0.5, 0.6) is 0 Å². The van der Waals surface area contributed by atoms with E-state index in [0.29, 0.717) is 17.6 Å². The average molecular weight is 790 g/mol. The minimum Gasteiger partial charge on any atom is -0.458 e. The van der Waals surface area contributed by atoms with Gasteiger partial charge in [-0.2, -0.15) is 0 Å². The number of aliphatic hydroxyl groups excluding tert-OH is 3. The van der Waals surface area contributed by atoms with Crippen LogP contribution in [0.15, 0.2) is 71.8 Å². The van der Waals surface area contributed by atoms with E-state index in [2.05, 4.69) is 5.32 Å². The van der Waals surface area contributed by atoms with Gasteiger partial charge in [-0.3, -0.25) is 14.4 Å². The second-order valence-corrected chi connectivity index (χ2v) is 16.8.